The van der Waals surface area contributed by atoms with E-state index < -0.39 is 34.5 Å². The number of fused-ring (bicyclic) bond motifs is 2. The van der Waals surface area contributed by atoms with Crippen molar-refractivity contribution in [2.75, 3.05) is 0 Å². The number of carbonyl (C=O) groups is 1. The Kier molecular flexibility index (Phi) is 8.59. The van der Waals surface area contributed by atoms with E-state index in [1.54, 1.807) is 0 Å². The van der Waals surface area contributed by atoms with E-state index in [2.05, 4.69) is 0 Å². The fourth-order valence-corrected chi connectivity index (χ4v) is 6.89. The molecular weight excluding hydrogens is 908 g/mol. The van der Waals surface area contributed by atoms with Crippen LogP contribution in [-0.2, 0) is 0 Å². The van der Waals surface area contributed by atoms with Crippen molar-refractivity contribution in [1.29, 1.82) is 0 Å². The standard InChI is InChI=1S/C20H5F3I4O5.Na/c21-6-3-7(22)13(23)12(20(30)31)11(6)10-4-1-8(24)16(28)14(26)18(4)32-19-5(10)2-9(25)17(29)15(19)27;/h1-3H,(H2-,28,29,30,31);/q;+1/p+1. The van der Waals surface area contributed by atoms with Crippen LogP contribution in [0.3, 0.4) is 0 Å². The van der Waals surface area contributed by atoms with Crippen LogP contribution in [0.1, 0.15) is 10.4 Å². The summed E-state index contributed by atoms with van der Waals surface area (Å²) in [4.78, 5) is 11.9. The van der Waals surface area contributed by atoms with E-state index in [0.29, 0.717) is 7.14 Å². The van der Waals surface area contributed by atoms with Crippen LogP contribution in [0, 0.1) is 31.7 Å². The molecule has 0 unspecified atom stereocenters. The monoisotopic (exact) mass is 914 g/mol. The molecule has 5 nitrogen and oxygen atoms in total. The molecule has 4 rings (SSSR count). The first-order valence-electron chi connectivity index (χ1n) is 8.34. The van der Waals surface area contributed by atoms with Crippen molar-refractivity contribution < 1.29 is 67.3 Å². The van der Waals surface area contributed by atoms with Gasteiger partial charge in [-0.15, -0.1) is 0 Å². The van der Waals surface area contributed by atoms with Gasteiger partial charge in [-0.1, -0.05) is 0 Å². The molecule has 0 aliphatic carbocycles. The van der Waals surface area contributed by atoms with E-state index >= 15 is 4.39 Å². The van der Waals surface area contributed by atoms with Crippen molar-refractivity contribution in [3.05, 3.63) is 55.5 Å². The molecule has 0 spiro atoms. The summed E-state index contributed by atoms with van der Waals surface area (Å²) >= 11 is 7.29. The normalized spacial score (nSPS) is 11.1. The van der Waals surface area contributed by atoms with Gasteiger partial charge >= 0.3 is 46.7 Å². The van der Waals surface area contributed by atoms with Gasteiger partial charge < -0.3 is 15.3 Å². The van der Waals surface area contributed by atoms with Gasteiger partial charge in [-0.05, 0) is 102 Å². The van der Waals surface area contributed by atoms with Crippen LogP contribution in [-0.4, -0.2) is 21.3 Å². The zero-order chi connectivity index (χ0) is 23.6. The maximum atomic E-state index is 15.1. The Bertz CT molecular complexity index is 1440. The molecule has 0 aliphatic heterocycles. The second kappa shape index (κ2) is 10.2. The number of benzene rings is 3. The summed E-state index contributed by atoms with van der Waals surface area (Å²) in [5, 5.41) is 30.7. The molecule has 33 heavy (non-hydrogen) atoms. The number of carboxylic acids is 1. The number of rotatable bonds is 2. The number of phenols is 2. The minimum atomic E-state index is -1.86. The molecule has 0 radical (unpaired) electrons. The Morgan fingerprint density at radius 2 is 1.24 bits per heavy atom. The number of aromatic carboxylic acids is 1. The van der Waals surface area contributed by atoms with Crippen molar-refractivity contribution in [3.8, 4) is 22.6 Å². The SMILES string of the molecule is O=C(O)c1c(F)c(F)cc(F)c1-c1c2cc(I)c(O)c(I)c2[o+]c2c(I)c(O)c(I)cc12.[Na+]. The summed E-state index contributed by atoms with van der Waals surface area (Å²) in [7, 11) is 0. The predicted molar refractivity (Wildman–Crippen MR) is 145 cm³/mol. The summed E-state index contributed by atoms with van der Waals surface area (Å²) in [6.07, 6.45) is 0. The molecule has 1 aromatic heterocycles. The van der Waals surface area contributed by atoms with Crippen molar-refractivity contribution >= 4 is 118 Å². The summed E-state index contributed by atoms with van der Waals surface area (Å²) in [5.74, 6) is -6.73. The van der Waals surface area contributed by atoms with Crippen molar-refractivity contribution in [2.24, 2.45) is 0 Å². The Hall–Kier alpha value is 0.110. The van der Waals surface area contributed by atoms with E-state index in [1.807, 2.05) is 90.4 Å². The van der Waals surface area contributed by atoms with Crippen LogP contribution in [0.15, 0.2) is 22.6 Å². The van der Waals surface area contributed by atoms with E-state index in [1.165, 1.54) is 12.1 Å². The average molecular weight is 914 g/mol. The van der Waals surface area contributed by atoms with E-state index in [9.17, 15) is 28.9 Å². The predicted octanol–water partition coefficient (Wildman–Crippen LogP) is 4.48. The molecule has 0 amide bonds. The third kappa shape index (κ3) is 4.54. The Balaban J connectivity index is 0.00000306. The molecule has 13 heteroatoms. The molecule has 3 aromatic carbocycles. The third-order valence-corrected chi connectivity index (χ3v) is 8.32. The number of hydrogen-bond donors (Lipinski definition) is 3. The quantitative estimate of drug-likeness (QED) is 0.0909. The van der Waals surface area contributed by atoms with Crippen LogP contribution < -0.4 is 29.6 Å². The van der Waals surface area contributed by atoms with Gasteiger partial charge in [-0.3, -0.25) is 0 Å². The third-order valence-electron chi connectivity index (χ3n) is 4.68. The molecule has 0 atom stereocenters. The number of halogens is 7. The molecular formula is C20H6F3I4NaO5+2. The molecule has 1 heterocycles. The molecule has 4 aromatic rings. The van der Waals surface area contributed by atoms with Gasteiger partial charge in [0.1, 0.15) is 11.4 Å². The van der Waals surface area contributed by atoms with Gasteiger partial charge in [-0.2, -0.15) is 0 Å². The molecule has 0 aliphatic rings. The van der Waals surface area contributed by atoms with Crippen LogP contribution in [0.4, 0.5) is 13.2 Å². The van der Waals surface area contributed by atoms with Crippen molar-refractivity contribution in [1.82, 2.24) is 0 Å². The number of phenolic OH excluding ortho intramolecular Hbond substituents is 2. The number of hydrogen-bond acceptors (Lipinski definition) is 3. The van der Waals surface area contributed by atoms with Crippen LogP contribution >= 0.6 is 90.4 Å². The van der Waals surface area contributed by atoms with Crippen molar-refractivity contribution in [2.45, 2.75) is 0 Å². The molecule has 3 N–H and O–H groups in total. The number of aromatic hydroxyl groups is 2. The van der Waals surface area contributed by atoms with Gasteiger partial charge in [0.25, 0.3) is 0 Å². The van der Waals surface area contributed by atoms with Gasteiger partial charge in [0.15, 0.2) is 30.3 Å². The van der Waals surface area contributed by atoms with E-state index in [-0.39, 0.29) is 81.8 Å². The van der Waals surface area contributed by atoms with E-state index in [4.69, 9.17) is 4.42 Å². The van der Waals surface area contributed by atoms with Gasteiger partial charge in [0, 0.05) is 17.2 Å². The first kappa shape index (κ1) is 27.7. The van der Waals surface area contributed by atoms with Crippen LogP contribution in [0.2, 0.25) is 0 Å². The second-order valence-corrected chi connectivity index (χ2v) is 11.0. The fourth-order valence-electron chi connectivity index (χ4n) is 3.31. The minimum absolute atomic E-state index is 0. The maximum Gasteiger partial charge on any atom is 1.00 e. The second-order valence-electron chi connectivity index (χ2n) is 6.48. The zero-order valence-corrected chi connectivity index (χ0v) is 26.7. The fraction of sp³-hybridized carbons (Fsp3) is 0. The molecule has 0 bridgehead atoms. The summed E-state index contributed by atoms with van der Waals surface area (Å²) in [6.45, 7) is 0. The molecule has 0 saturated heterocycles. The summed E-state index contributed by atoms with van der Waals surface area (Å²) in [6, 6.07) is 3.15. The smallest absolute Gasteiger partial charge is 0.505 e. The first-order chi connectivity index (χ1) is 15.0. The average Bonchev–Trinajstić information content (AvgIpc) is 2.72. The van der Waals surface area contributed by atoms with Gasteiger partial charge in [0.2, 0.25) is 0 Å². The summed E-state index contributed by atoms with van der Waals surface area (Å²) < 4.78 is 50.8. The van der Waals surface area contributed by atoms with Crippen molar-refractivity contribution in [3.63, 3.8) is 0 Å². The topological polar surface area (TPSA) is 89.1 Å². The minimum Gasteiger partial charge on any atom is -0.505 e. The van der Waals surface area contributed by atoms with Crippen LogP contribution in [0.5, 0.6) is 11.5 Å². The van der Waals surface area contributed by atoms with E-state index in [0.717, 1.165) is 0 Å². The largest absolute Gasteiger partial charge is 1.00 e. The van der Waals surface area contributed by atoms with Gasteiger partial charge in [0.05, 0.1) is 17.9 Å². The Labute approximate surface area is 260 Å². The molecule has 164 valence electrons. The Morgan fingerprint density at radius 1 is 0.788 bits per heavy atom. The first-order valence-corrected chi connectivity index (χ1v) is 12.7. The van der Waals surface area contributed by atoms with Gasteiger partial charge in [-0.25, -0.2) is 22.4 Å². The Morgan fingerprint density at radius 3 is 1.67 bits per heavy atom. The molecule has 0 saturated carbocycles. The zero-order valence-electron chi connectivity index (χ0n) is 16.0. The molecule has 0 fully saturated rings. The number of carboxylic acid groups (broad SMARTS) is 1. The maximum absolute atomic E-state index is 15.1. The van der Waals surface area contributed by atoms with Crippen LogP contribution in [0.25, 0.3) is 33.1 Å². The summed E-state index contributed by atoms with van der Waals surface area (Å²) in [5.41, 5.74) is -1.79.